The molecule has 0 aliphatic rings. The van der Waals surface area contributed by atoms with Gasteiger partial charge in [0.15, 0.2) is 0 Å². The predicted octanol–water partition coefficient (Wildman–Crippen LogP) is 0.535. The number of amides is 1. The predicted molar refractivity (Wildman–Crippen MR) is 43.4 cm³/mol. The summed E-state index contributed by atoms with van der Waals surface area (Å²) in [6.07, 6.45) is 0. The van der Waals surface area contributed by atoms with Crippen molar-refractivity contribution >= 4 is 11.6 Å². The lowest BCUT2D eigenvalue weighted by Crippen LogP contribution is -2.23. The Labute approximate surface area is 66.6 Å². The average molecular weight is 158 g/mol. The molecule has 0 aromatic heterocycles. The monoisotopic (exact) mass is 158 g/mol. The number of nitrogens with zero attached hydrogens (tertiary/aromatic N) is 1. The molecule has 0 aromatic carbocycles. The summed E-state index contributed by atoms with van der Waals surface area (Å²) in [5.74, 6) is -0.0502. The molecule has 1 amide bonds. The summed E-state index contributed by atoms with van der Waals surface area (Å²) in [5, 5.41) is 6.27. The highest BCUT2D eigenvalue weighted by Crippen LogP contribution is 1.77. The quantitative estimate of drug-likeness (QED) is 0.368. The van der Waals surface area contributed by atoms with E-state index in [1.165, 1.54) is 6.92 Å². The van der Waals surface area contributed by atoms with Gasteiger partial charge >= 0.3 is 0 Å². The van der Waals surface area contributed by atoms with Gasteiger partial charge in [-0.3, -0.25) is 4.79 Å². The number of hydrogen-bond donors (Lipinski definition) is 1. The normalized spacial score (nSPS) is 8.64. The maximum Gasteiger partial charge on any atom is 0.216 e. The fourth-order valence-corrected chi connectivity index (χ4v) is 0.447. The molecule has 0 saturated carbocycles. The maximum absolute atomic E-state index is 10.3. The fraction of sp³-hybridized carbons (Fsp3) is 0.714. The molecule has 4 nitrogen and oxygen atoms in total. The summed E-state index contributed by atoms with van der Waals surface area (Å²) >= 11 is 0. The molecular weight excluding hydrogens is 144 g/mol. The van der Waals surface area contributed by atoms with E-state index in [0.717, 1.165) is 5.71 Å². The van der Waals surface area contributed by atoms with Crippen LogP contribution in [0.25, 0.3) is 0 Å². The number of carbonyl (C=O) groups excluding carboxylic acids is 1. The Hall–Kier alpha value is -1.06. The van der Waals surface area contributed by atoms with Gasteiger partial charge in [-0.15, -0.1) is 0 Å². The number of oxime groups is 1. The van der Waals surface area contributed by atoms with Gasteiger partial charge in [-0.05, 0) is 13.8 Å². The van der Waals surface area contributed by atoms with Gasteiger partial charge in [0, 0.05) is 6.92 Å². The average Bonchev–Trinajstić information content (AvgIpc) is 1.85. The van der Waals surface area contributed by atoms with E-state index < -0.39 is 0 Å². The van der Waals surface area contributed by atoms with Crippen molar-refractivity contribution in [2.75, 3.05) is 13.2 Å². The molecule has 0 radical (unpaired) electrons. The van der Waals surface area contributed by atoms with Crippen LogP contribution < -0.4 is 5.32 Å². The molecule has 0 spiro atoms. The standard InChI is InChI=1S/C7H14N2O2/c1-6(2)9-11-5-4-8-7(3)10/h4-5H2,1-3H3,(H,8,10). The van der Waals surface area contributed by atoms with Crippen LogP contribution in [-0.2, 0) is 9.63 Å². The van der Waals surface area contributed by atoms with Gasteiger partial charge in [-0.25, -0.2) is 0 Å². The van der Waals surface area contributed by atoms with Gasteiger partial charge in [-0.1, -0.05) is 5.16 Å². The molecule has 11 heavy (non-hydrogen) atoms. The van der Waals surface area contributed by atoms with Crippen molar-refractivity contribution in [2.45, 2.75) is 20.8 Å². The van der Waals surface area contributed by atoms with Crippen LogP contribution in [0.4, 0.5) is 0 Å². The van der Waals surface area contributed by atoms with E-state index in [-0.39, 0.29) is 5.91 Å². The van der Waals surface area contributed by atoms with E-state index in [0.29, 0.717) is 13.2 Å². The van der Waals surface area contributed by atoms with Gasteiger partial charge in [0.25, 0.3) is 0 Å². The van der Waals surface area contributed by atoms with Crippen molar-refractivity contribution in [1.82, 2.24) is 5.32 Å². The highest BCUT2D eigenvalue weighted by molar-refractivity contribution is 5.78. The first-order valence-electron chi connectivity index (χ1n) is 3.50. The molecule has 0 aromatic rings. The molecule has 0 unspecified atom stereocenters. The minimum absolute atomic E-state index is 0.0502. The van der Waals surface area contributed by atoms with E-state index in [4.69, 9.17) is 4.84 Å². The largest absolute Gasteiger partial charge is 0.394 e. The van der Waals surface area contributed by atoms with Crippen LogP contribution in [0.1, 0.15) is 20.8 Å². The van der Waals surface area contributed by atoms with Crippen molar-refractivity contribution in [3.8, 4) is 0 Å². The van der Waals surface area contributed by atoms with Gasteiger partial charge in [0.2, 0.25) is 5.91 Å². The van der Waals surface area contributed by atoms with Crippen LogP contribution in [0.5, 0.6) is 0 Å². The van der Waals surface area contributed by atoms with E-state index in [1.54, 1.807) is 0 Å². The second-order valence-electron chi connectivity index (χ2n) is 2.35. The third-order valence-electron chi connectivity index (χ3n) is 0.814. The molecule has 0 saturated heterocycles. The van der Waals surface area contributed by atoms with Crippen LogP contribution in [0.15, 0.2) is 5.16 Å². The van der Waals surface area contributed by atoms with Crippen LogP contribution in [-0.4, -0.2) is 24.8 Å². The zero-order valence-electron chi connectivity index (χ0n) is 7.18. The lowest BCUT2D eigenvalue weighted by Gasteiger charge is -1.99. The fourth-order valence-electron chi connectivity index (χ4n) is 0.447. The highest BCUT2D eigenvalue weighted by atomic mass is 16.6. The zero-order chi connectivity index (χ0) is 8.69. The summed E-state index contributed by atoms with van der Waals surface area (Å²) in [6.45, 7) is 6.09. The second-order valence-corrected chi connectivity index (χ2v) is 2.35. The molecule has 4 heteroatoms. The Morgan fingerprint density at radius 3 is 2.55 bits per heavy atom. The van der Waals surface area contributed by atoms with Gasteiger partial charge in [-0.2, -0.15) is 0 Å². The van der Waals surface area contributed by atoms with Gasteiger partial charge < -0.3 is 10.2 Å². The first-order valence-corrected chi connectivity index (χ1v) is 3.50. The van der Waals surface area contributed by atoms with Crippen LogP contribution in [0.2, 0.25) is 0 Å². The molecule has 0 fully saturated rings. The van der Waals surface area contributed by atoms with Crippen molar-refractivity contribution in [2.24, 2.45) is 5.16 Å². The Kier molecular flexibility index (Phi) is 5.15. The van der Waals surface area contributed by atoms with E-state index in [2.05, 4.69) is 10.5 Å². The lowest BCUT2D eigenvalue weighted by molar-refractivity contribution is -0.119. The molecule has 0 heterocycles. The minimum Gasteiger partial charge on any atom is -0.394 e. The summed E-state index contributed by atoms with van der Waals surface area (Å²) < 4.78 is 0. The molecule has 0 aliphatic carbocycles. The lowest BCUT2D eigenvalue weighted by atomic mass is 10.5. The molecule has 0 atom stereocenters. The van der Waals surface area contributed by atoms with Crippen molar-refractivity contribution < 1.29 is 9.63 Å². The second kappa shape index (κ2) is 5.70. The Balaban J connectivity index is 3.15. The molecule has 0 aliphatic heterocycles. The third-order valence-corrected chi connectivity index (χ3v) is 0.814. The van der Waals surface area contributed by atoms with E-state index in [1.807, 2.05) is 13.8 Å². The Bertz CT molecular complexity index is 151. The van der Waals surface area contributed by atoms with Gasteiger partial charge in [0.1, 0.15) is 6.61 Å². The third kappa shape index (κ3) is 8.94. The topological polar surface area (TPSA) is 50.7 Å². The first-order chi connectivity index (χ1) is 5.13. The number of hydrogen-bond acceptors (Lipinski definition) is 3. The van der Waals surface area contributed by atoms with Gasteiger partial charge in [0.05, 0.1) is 12.3 Å². The summed E-state index contributed by atoms with van der Waals surface area (Å²) in [7, 11) is 0. The molecule has 0 rings (SSSR count). The Morgan fingerprint density at radius 2 is 2.09 bits per heavy atom. The van der Waals surface area contributed by atoms with Crippen LogP contribution in [0.3, 0.4) is 0 Å². The highest BCUT2D eigenvalue weighted by Gasteiger charge is 1.88. The zero-order valence-corrected chi connectivity index (χ0v) is 7.18. The number of carbonyl (C=O) groups is 1. The molecule has 1 N–H and O–H groups in total. The number of rotatable bonds is 4. The Morgan fingerprint density at radius 1 is 1.45 bits per heavy atom. The first kappa shape index (κ1) is 9.94. The molecule has 64 valence electrons. The molecule has 0 bridgehead atoms. The summed E-state index contributed by atoms with van der Waals surface area (Å²) in [5.41, 5.74) is 0.868. The summed E-state index contributed by atoms with van der Waals surface area (Å²) in [4.78, 5) is 15.2. The molecular formula is C7H14N2O2. The maximum atomic E-state index is 10.3. The van der Waals surface area contributed by atoms with Crippen molar-refractivity contribution in [3.05, 3.63) is 0 Å². The minimum atomic E-state index is -0.0502. The number of nitrogens with one attached hydrogen (secondary N) is 1. The smallest absolute Gasteiger partial charge is 0.216 e. The van der Waals surface area contributed by atoms with Crippen LogP contribution >= 0.6 is 0 Å². The SMILES string of the molecule is CC(=O)NCCON=C(C)C. The summed E-state index contributed by atoms with van der Waals surface area (Å²) in [6, 6.07) is 0. The van der Waals surface area contributed by atoms with E-state index >= 15 is 0 Å². The van der Waals surface area contributed by atoms with Crippen molar-refractivity contribution in [3.63, 3.8) is 0 Å². The van der Waals surface area contributed by atoms with Crippen molar-refractivity contribution in [1.29, 1.82) is 0 Å². The van der Waals surface area contributed by atoms with Crippen LogP contribution in [0, 0.1) is 0 Å². The van der Waals surface area contributed by atoms with E-state index in [9.17, 15) is 4.79 Å².